The van der Waals surface area contributed by atoms with Crippen molar-refractivity contribution in [2.24, 2.45) is 5.10 Å². The second kappa shape index (κ2) is 12.0. The van der Waals surface area contributed by atoms with E-state index >= 15 is 0 Å². The van der Waals surface area contributed by atoms with E-state index in [4.69, 9.17) is 4.74 Å². The van der Waals surface area contributed by atoms with Crippen LogP contribution in [-0.4, -0.2) is 57.4 Å². The zero-order chi connectivity index (χ0) is 28.0. The van der Waals surface area contributed by atoms with E-state index in [2.05, 4.69) is 40.8 Å². The molecule has 40 heavy (non-hydrogen) atoms. The molecular formula is C26H23F4N9O. The predicted octanol–water partition coefficient (Wildman–Crippen LogP) is 4.90. The van der Waals surface area contributed by atoms with E-state index < -0.39 is 17.6 Å². The summed E-state index contributed by atoms with van der Waals surface area (Å²) < 4.78 is 60.3. The van der Waals surface area contributed by atoms with Crippen LogP contribution in [0, 0.1) is 5.82 Å². The molecule has 0 atom stereocenters. The van der Waals surface area contributed by atoms with Crippen LogP contribution in [0.3, 0.4) is 0 Å². The Labute approximate surface area is 226 Å². The molecule has 4 aromatic rings. The molecule has 206 valence electrons. The lowest BCUT2D eigenvalue weighted by Crippen LogP contribution is -2.28. The lowest BCUT2D eigenvalue weighted by atomic mass is 10.1. The highest BCUT2D eigenvalue weighted by atomic mass is 19.4. The fourth-order valence-electron chi connectivity index (χ4n) is 3.94. The van der Waals surface area contributed by atoms with Gasteiger partial charge in [0.2, 0.25) is 5.95 Å². The molecule has 0 spiro atoms. The SMILES string of the molecule is Fc1cnc(N/N=C/c2ccc(Nc3cc(-c4ccncn4)cc(C(F)(F)F)c3)cn2)nc1N1CCCOCC1. The van der Waals surface area contributed by atoms with Gasteiger partial charge in [0.1, 0.15) is 6.33 Å². The fraction of sp³-hybridized carbons (Fsp3) is 0.231. The molecule has 1 saturated heterocycles. The molecule has 0 bridgehead atoms. The summed E-state index contributed by atoms with van der Waals surface area (Å²) in [5.74, 6) is -0.254. The van der Waals surface area contributed by atoms with Crippen LogP contribution >= 0.6 is 0 Å². The van der Waals surface area contributed by atoms with Crippen LogP contribution in [-0.2, 0) is 10.9 Å². The maximum absolute atomic E-state index is 14.3. The molecule has 0 aliphatic carbocycles. The number of nitrogens with one attached hydrogen (secondary N) is 2. The first-order valence-corrected chi connectivity index (χ1v) is 12.2. The minimum Gasteiger partial charge on any atom is -0.380 e. The molecule has 0 unspecified atom stereocenters. The minimum atomic E-state index is -4.54. The van der Waals surface area contributed by atoms with Crippen LogP contribution < -0.4 is 15.6 Å². The van der Waals surface area contributed by atoms with Crippen LogP contribution in [0.4, 0.5) is 40.7 Å². The summed E-state index contributed by atoms with van der Waals surface area (Å²) in [5.41, 5.74) is 3.63. The van der Waals surface area contributed by atoms with Crippen molar-refractivity contribution in [1.82, 2.24) is 24.9 Å². The second-order valence-corrected chi connectivity index (χ2v) is 8.68. The van der Waals surface area contributed by atoms with Crippen molar-refractivity contribution in [2.45, 2.75) is 12.6 Å². The van der Waals surface area contributed by atoms with Crippen molar-refractivity contribution in [1.29, 1.82) is 0 Å². The van der Waals surface area contributed by atoms with Gasteiger partial charge in [-0.1, -0.05) is 0 Å². The van der Waals surface area contributed by atoms with E-state index in [1.807, 2.05) is 0 Å². The van der Waals surface area contributed by atoms with Gasteiger partial charge in [-0.3, -0.25) is 4.98 Å². The molecule has 5 rings (SSSR count). The molecule has 0 amide bonds. The van der Waals surface area contributed by atoms with Crippen molar-refractivity contribution < 1.29 is 22.3 Å². The van der Waals surface area contributed by atoms with Crippen LogP contribution in [0.25, 0.3) is 11.3 Å². The normalized spacial score (nSPS) is 14.2. The largest absolute Gasteiger partial charge is 0.416 e. The van der Waals surface area contributed by atoms with E-state index in [-0.39, 0.29) is 23.0 Å². The van der Waals surface area contributed by atoms with Gasteiger partial charge in [-0.15, -0.1) is 0 Å². The summed E-state index contributed by atoms with van der Waals surface area (Å²) in [4.78, 5) is 22.0. The zero-order valence-electron chi connectivity index (χ0n) is 20.9. The number of nitrogens with zero attached hydrogens (tertiary/aromatic N) is 7. The van der Waals surface area contributed by atoms with Crippen molar-refractivity contribution in [3.8, 4) is 11.3 Å². The molecule has 0 radical (unpaired) electrons. The topological polar surface area (TPSA) is 113 Å². The van der Waals surface area contributed by atoms with Crippen LogP contribution in [0.1, 0.15) is 17.7 Å². The van der Waals surface area contributed by atoms with E-state index in [1.54, 1.807) is 23.1 Å². The van der Waals surface area contributed by atoms with Crippen molar-refractivity contribution >= 4 is 29.4 Å². The zero-order valence-corrected chi connectivity index (χ0v) is 20.9. The third-order valence-electron chi connectivity index (χ3n) is 5.82. The Hall–Kier alpha value is -4.72. The van der Waals surface area contributed by atoms with Gasteiger partial charge in [0.15, 0.2) is 11.6 Å². The molecule has 1 fully saturated rings. The fourth-order valence-corrected chi connectivity index (χ4v) is 3.94. The first-order chi connectivity index (χ1) is 19.3. The summed E-state index contributed by atoms with van der Waals surface area (Å²) >= 11 is 0. The summed E-state index contributed by atoms with van der Waals surface area (Å²) in [6.45, 7) is 2.23. The summed E-state index contributed by atoms with van der Waals surface area (Å²) in [6.07, 6.45) is 2.90. The highest BCUT2D eigenvalue weighted by Gasteiger charge is 2.31. The Morgan fingerprint density at radius 3 is 2.65 bits per heavy atom. The van der Waals surface area contributed by atoms with Crippen molar-refractivity contribution in [3.05, 3.63) is 78.4 Å². The maximum Gasteiger partial charge on any atom is 0.416 e. The molecule has 1 aromatic carbocycles. The molecule has 14 heteroatoms. The Bertz CT molecular complexity index is 1460. The molecule has 0 saturated carbocycles. The lowest BCUT2D eigenvalue weighted by Gasteiger charge is -2.21. The van der Waals surface area contributed by atoms with Gasteiger partial charge in [-0.25, -0.2) is 24.8 Å². The average Bonchev–Trinajstić information content (AvgIpc) is 3.24. The molecule has 2 N–H and O–H groups in total. The van der Waals surface area contributed by atoms with Gasteiger partial charge in [-0.2, -0.15) is 23.3 Å². The molecule has 3 aromatic heterocycles. The van der Waals surface area contributed by atoms with E-state index in [1.165, 1.54) is 31.0 Å². The van der Waals surface area contributed by atoms with E-state index in [0.717, 1.165) is 24.8 Å². The van der Waals surface area contributed by atoms with Gasteiger partial charge in [0.05, 0.1) is 47.9 Å². The average molecular weight is 554 g/mol. The monoisotopic (exact) mass is 553 g/mol. The number of hydrogen-bond acceptors (Lipinski definition) is 10. The van der Waals surface area contributed by atoms with E-state index in [9.17, 15) is 17.6 Å². The number of hydrazone groups is 1. The number of anilines is 4. The van der Waals surface area contributed by atoms with Gasteiger partial charge in [0, 0.05) is 37.1 Å². The Morgan fingerprint density at radius 2 is 1.88 bits per heavy atom. The Morgan fingerprint density at radius 1 is 0.975 bits per heavy atom. The molecule has 4 heterocycles. The smallest absolute Gasteiger partial charge is 0.380 e. The standard InChI is InChI=1S/C26H23F4N9O/c27-22-15-33-25(37-24(22)39-6-1-8-40-9-7-39)38-35-14-19-2-3-20(13-32-19)36-21-11-17(23-4-5-31-16-34-23)10-18(12-21)26(28,29)30/h2-5,10-16,36H,1,6-9H2,(H,33,37,38)/b35-14+. The van der Waals surface area contributed by atoms with Gasteiger partial charge < -0.3 is 15.0 Å². The molecule has 1 aliphatic rings. The number of aromatic nitrogens is 5. The number of hydrogen-bond donors (Lipinski definition) is 2. The number of ether oxygens (including phenoxy) is 1. The van der Waals surface area contributed by atoms with Gasteiger partial charge >= 0.3 is 6.18 Å². The summed E-state index contributed by atoms with van der Waals surface area (Å²) in [5, 5.41) is 7.01. The first kappa shape index (κ1) is 26.9. The van der Waals surface area contributed by atoms with Crippen LogP contribution in [0.5, 0.6) is 0 Å². The predicted molar refractivity (Wildman–Crippen MR) is 141 cm³/mol. The van der Waals surface area contributed by atoms with E-state index in [0.29, 0.717) is 43.4 Å². The van der Waals surface area contributed by atoms with Crippen LogP contribution in [0.15, 0.2) is 66.4 Å². The Balaban J connectivity index is 1.26. The van der Waals surface area contributed by atoms with Crippen molar-refractivity contribution in [2.75, 3.05) is 41.9 Å². The number of pyridine rings is 1. The summed E-state index contributed by atoms with van der Waals surface area (Å²) in [6, 6.07) is 8.42. The lowest BCUT2D eigenvalue weighted by molar-refractivity contribution is -0.137. The quantitative estimate of drug-likeness (QED) is 0.187. The summed E-state index contributed by atoms with van der Waals surface area (Å²) in [7, 11) is 0. The molecule has 10 nitrogen and oxygen atoms in total. The third kappa shape index (κ3) is 6.83. The van der Waals surface area contributed by atoms with Gasteiger partial charge in [0.25, 0.3) is 0 Å². The Kier molecular flexibility index (Phi) is 8.05. The first-order valence-electron chi connectivity index (χ1n) is 12.2. The highest BCUT2D eigenvalue weighted by Crippen LogP contribution is 2.35. The van der Waals surface area contributed by atoms with Crippen molar-refractivity contribution in [3.63, 3.8) is 0 Å². The molecule has 1 aliphatic heterocycles. The maximum atomic E-state index is 14.3. The number of benzene rings is 1. The number of halogens is 4. The van der Waals surface area contributed by atoms with Crippen LogP contribution in [0.2, 0.25) is 0 Å². The minimum absolute atomic E-state index is 0.111. The molecular weight excluding hydrogens is 530 g/mol. The highest BCUT2D eigenvalue weighted by molar-refractivity contribution is 5.78. The number of alkyl halides is 3. The third-order valence-corrected chi connectivity index (χ3v) is 5.82. The number of rotatable bonds is 7. The second-order valence-electron chi connectivity index (χ2n) is 8.68. The van der Waals surface area contributed by atoms with Gasteiger partial charge in [-0.05, 0) is 42.8 Å².